The molecule has 1 aliphatic rings. The Morgan fingerprint density at radius 1 is 1.19 bits per heavy atom. The SMILES string of the molecule is COc1cc(N2CCC(Cc3ccccc3)C2=O)ccc1C(C=N)C=N. The fourth-order valence-corrected chi connectivity index (χ4v) is 3.45. The summed E-state index contributed by atoms with van der Waals surface area (Å²) in [5.74, 6) is 0.316. The third kappa shape index (κ3) is 3.52. The summed E-state index contributed by atoms with van der Waals surface area (Å²) in [5.41, 5.74) is 2.74. The van der Waals surface area contributed by atoms with Crippen molar-refractivity contribution in [1.29, 1.82) is 10.8 Å². The zero-order valence-corrected chi connectivity index (χ0v) is 14.8. The van der Waals surface area contributed by atoms with Crippen LogP contribution in [0, 0.1) is 16.7 Å². The van der Waals surface area contributed by atoms with E-state index in [9.17, 15) is 4.79 Å². The molecule has 3 rings (SSSR count). The molecule has 1 fully saturated rings. The highest BCUT2D eigenvalue weighted by molar-refractivity contribution is 5.98. The van der Waals surface area contributed by atoms with Gasteiger partial charge in [0.1, 0.15) is 5.75 Å². The molecule has 0 saturated carbocycles. The average molecular weight is 349 g/mol. The van der Waals surface area contributed by atoms with Crippen molar-refractivity contribution >= 4 is 24.0 Å². The lowest BCUT2D eigenvalue weighted by Crippen LogP contribution is -2.27. The number of ether oxygens (including phenoxy) is 1. The van der Waals surface area contributed by atoms with E-state index in [4.69, 9.17) is 15.6 Å². The molecule has 134 valence electrons. The van der Waals surface area contributed by atoms with Gasteiger partial charge in [-0.2, -0.15) is 0 Å². The number of nitrogens with one attached hydrogen (secondary N) is 2. The van der Waals surface area contributed by atoms with Gasteiger partial charge in [0.05, 0.1) is 13.0 Å². The Hall–Kier alpha value is -2.95. The molecule has 1 saturated heterocycles. The third-order valence-corrected chi connectivity index (χ3v) is 4.89. The Kier molecular flexibility index (Phi) is 5.46. The van der Waals surface area contributed by atoms with Crippen molar-refractivity contribution in [2.75, 3.05) is 18.6 Å². The summed E-state index contributed by atoms with van der Waals surface area (Å²) < 4.78 is 5.44. The van der Waals surface area contributed by atoms with Crippen LogP contribution in [-0.4, -0.2) is 32.0 Å². The molecular weight excluding hydrogens is 326 g/mol. The number of methoxy groups -OCH3 is 1. The van der Waals surface area contributed by atoms with Gasteiger partial charge < -0.3 is 20.5 Å². The number of benzene rings is 2. The highest BCUT2D eigenvalue weighted by Gasteiger charge is 2.32. The van der Waals surface area contributed by atoms with Gasteiger partial charge in [0, 0.05) is 42.2 Å². The Bertz CT molecular complexity index is 796. The summed E-state index contributed by atoms with van der Waals surface area (Å²) >= 11 is 0. The van der Waals surface area contributed by atoms with Gasteiger partial charge in [0.2, 0.25) is 5.91 Å². The molecule has 1 amide bonds. The molecule has 5 heteroatoms. The molecule has 2 aromatic carbocycles. The second-order valence-electron chi connectivity index (χ2n) is 6.45. The maximum absolute atomic E-state index is 12.9. The molecule has 2 N–H and O–H groups in total. The Morgan fingerprint density at radius 2 is 1.92 bits per heavy atom. The van der Waals surface area contributed by atoms with E-state index in [-0.39, 0.29) is 11.8 Å². The Balaban J connectivity index is 1.80. The predicted octanol–water partition coefficient (Wildman–Crippen LogP) is 3.67. The molecule has 0 aliphatic carbocycles. The Labute approximate surface area is 153 Å². The third-order valence-electron chi connectivity index (χ3n) is 4.89. The zero-order chi connectivity index (χ0) is 18.5. The van der Waals surface area contributed by atoms with Crippen LogP contribution in [0.2, 0.25) is 0 Å². The minimum atomic E-state index is -0.417. The van der Waals surface area contributed by atoms with Crippen LogP contribution in [0.4, 0.5) is 5.69 Å². The molecule has 1 atom stereocenters. The van der Waals surface area contributed by atoms with E-state index in [1.54, 1.807) is 7.11 Å². The molecule has 0 radical (unpaired) electrons. The summed E-state index contributed by atoms with van der Waals surface area (Å²) in [6, 6.07) is 15.6. The van der Waals surface area contributed by atoms with Gasteiger partial charge in [0.25, 0.3) is 0 Å². The van der Waals surface area contributed by atoms with Gasteiger partial charge in [-0.15, -0.1) is 0 Å². The van der Waals surface area contributed by atoms with Gasteiger partial charge in [-0.3, -0.25) is 4.79 Å². The van der Waals surface area contributed by atoms with Crippen molar-refractivity contribution in [3.05, 3.63) is 59.7 Å². The molecule has 2 aromatic rings. The first-order valence-electron chi connectivity index (χ1n) is 8.72. The maximum Gasteiger partial charge on any atom is 0.230 e. The summed E-state index contributed by atoms with van der Waals surface area (Å²) in [5, 5.41) is 14.9. The molecule has 0 bridgehead atoms. The fourth-order valence-electron chi connectivity index (χ4n) is 3.45. The summed E-state index contributed by atoms with van der Waals surface area (Å²) in [4.78, 5) is 14.7. The molecule has 26 heavy (non-hydrogen) atoms. The normalized spacial score (nSPS) is 17.8. The van der Waals surface area contributed by atoms with E-state index in [1.165, 1.54) is 18.0 Å². The smallest absolute Gasteiger partial charge is 0.230 e. The van der Waals surface area contributed by atoms with Crippen LogP contribution >= 0.6 is 0 Å². The Morgan fingerprint density at radius 3 is 2.58 bits per heavy atom. The molecular formula is C21H23N3O2. The van der Waals surface area contributed by atoms with Crippen LogP contribution in [0.25, 0.3) is 0 Å². The van der Waals surface area contributed by atoms with Crippen LogP contribution in [0.5, 0.6) is 5.75 Å². The highest BCUT2D eigenvalue weighted by Crippen LogP contribution is 2.33. The van der Waals surface area contributed by atoms with E-state index in [0.717, 1.165) is 24.1 Å². The fraction of sp³-hybridized carbons (Fsp3) is 0.286. The van der Waals surface area contributed by atoms with Gasteiger partial charge in [-0.25, -0.2) is 0 Å². The number of carbonyl (C=O) groups excluding carboxylic acids is 1. The van der Waals surface area contributed by atoms with Crippen LogP contribution in [0.15, 0.2) is 48.5 Å². The highest BCUT2D eigenvalue weighted by atomic mass is 16.5. The first-order valence-corrected chi connectivity index (χ1v) is 8.72. The van der Waals surface area contributed by atoms with Gasteiger partial charge in [0.15, 0.2) is 0 Å². The number of amides is 1. The van der Waals surface area contributed by atoms with Crippen molar-refractivity contribution in [2.24, 2.45) is 5.92 Å². The predicted molar refractivity (Wildman–Crippen MR) is 104 cm³/mol. The van der Waals surface area contributed by atoms with Crippen molar-refractivity contribution in [1.82, 2.24) is 0 Å². The standard InChI is InChI=1S/C21H23N3O2/c1-26-20-12-18(7-8-19(20)17(13-22)14-23)24-10-9-16(21(24)25)11-15-5-3-2-4-6-15/h2-8,12-14,16-17,22-23H,9-11H2,1H3. The lowest BCUT2D eigenvalue weighted by Gasteiger charge is -2.20. The first-order chi connectivity index (χ1) is 12.7. The van der Waals surface area contributed by atoms with Crippen LogP contribution < -0.4 is 9.64 Å². The van der Waals surface area contributed by atoms with Gasteiger partial charge >= 0.3 is 0 Å². The van der Waals surface area contributed by atoms with E-state index in [1.807, 2.05) is 41.3 Å². The van der Waals surface area contributed by atoms with E-state index < -0.39 is 5.92 Å². The van der Waals surface area contributed by atoms with Crippen LogP contribution in [0.1, 0.15) is 23.5 Å². The number of rotatable bonds is 7. The van der Waals surface area contributed by atoms with E-state index >= 15 is 0 Å². The van der Waals surface area contributed by atoms with Crippen LogP contribution in [-0.2, 0) is 11.2 Å². The van der Waals surface area contributed by atoms with Crippen molar-refractivity contribution in [3.8, 4) is 5.75 Å². The monoisotopic (exact) mass is 349 g/mol. The number of anilines is 1. The molecule has 1 unspecified atom stereocenters. The van der Waals surface area contributed by atoms with Crippen LogP contribution in [0.3, 0.4) is 0 Å². The van der Waals surface area contributed by atoms with Crippen molar-refractivity contribution < 1.29 is 9.53 Å². The number of hydrogen-bond donors (Lipinski definition) is 2. The second-order valence-corrected chi connectivity index (χ2v) is 6.45. The molecule has 0 aromatic heterocycles. The van der Waals surface area contributed by atoms with E-state index in [2.05, 4.69) is 12.1 Å². The maximum atomic E-state index is 12.9. The zero-order valence-electron chi connectivity index (χ0n) is 14.8. The quantitative estimate of drug-likeness (QED) is 0.748. The first kappa shape index (κ1) is 17.9. The van der Waals surface area contributed by atoms with E-state index in [0.29, 0.717) is 12.3 Å². The second kappa shape index (κ2) is 7.95. The average Bonchev–Trinajstić information content (AvgIpc) is 3.04. The minimum Gasteiger partial charge on any atom is -0.496 e. The minimum absolute atomic E-state index is 0.000954. The summed E-state index contributed by atoms with van der Waals surface area (Å²) in [6.07, 6.45) is 4.01. The molecule has 1 aliphatic heterocycles. The largest absolute Gasteiger partial charge is 0.496 e. The number of hydrogen-bond acceptors (Lipinski definition) is 4. The molecule has 5 nitrogen and oxygen atoms in total. The lowest BCUT2D eigenvalue weighted by molar-refractivity contribution is -0.120. The summed E-state index contributed by atoms with van der Waals surface area (Å²) in [6.45, 7) is 0.692. The molecule has 0 spiro atoms. The van der Waals surface area contributed by atoms with Crippen molar-refractivity contribution in [2.45, 2.75) is 18.8 Å². The summed E-state index contributed by atoms with van der Waals surface area (Å²) in [7, 11) is 1.57. The number of nitrogens with zero attached hydrogens (tertiary/aromatic N) is 1. The molecule has 1 heterocycles. The lowest BCUT2D eigenvalue weighted by atomic mass is 9.98. The van der Waals surface area contributed by atoms with Crippen molar-refractivity contribution in [3.63, 3.8) is 0 Å². The topological polar surface area (TPSA) is 77.2 Å². The number of carbonyl (C=O) groups is 1. The van der Waals surface area contributed by atoms with Gasteiger partial charge in [-0.1, -0.05) is 36.4 Å². The van der Waals surface area contributed by atoms with Gasteiger partial charge in [-0.05, 0) is 24.5 Å².